The Morgan fingerprint density at radius 2 is 1.96 bits per heavy atom. The number of carbonyl (C=O) groups is 1. The second-order valence-electron chi connectivity index (χ2n) is 6.12. The minimum absolute atomic E-state index is 0.115. The zero-order valence-corrected chi connectivity index (χ0v) is 17.1. The van der Waals surface area contributed by atoms with Gasteiger partial charge < -0.3 is 5.32 Å². The Bertz CT molecular complexity index is 1080. The van der Waals surface area contributed by atoms with Crippen LogP contribution < -0.4 is 5.32 Å². The summed E-state index contributed by atoms with van der Waals surface area (Å²) in [5.41, 5.74) is 2.32. The van der Waals surface area contributed by atoms with E-state index >= 15 is 0 Å². The van der Waals surface area contributed by atoms with Crippen LogP contribution in [0.1, 0.15) is 38.8 Å². The number of amides is 1. The molecule has 0 fully saturated rings. The van der Waals surface area contributed by atoms with Gasteiger partial charge in [-0.05, 0) is 70.4 Å². The number of nitrogens with zero attached hydrogens (tertiary/aromatic N) is 2. The van der Waals surface area contributed by atoms with Crippen LogP contribution in [0.15, 0.2) is 59.2 Å². The summed E-state index contributed by atoms with van der Waals surface area (Å²) in [4.78, 5) is 17.2. The number of nitrogens with one attached hydrogen (secondary N) is 1. The van der Waals surface area contributed by atoms with Crippen molar-refractivity contribution in [3.63, 3.8) is 0 Å². The standard InChI is InChI=1S/C21H14BrClFN3O/c1-12-8-16(22)11-26-19(12)20(13-4-6-17(23)7-5-13)27-21(28)14-2-3-15(10-25)18(24)9-14/h2-9,11,20H,1H3,(H,27,28). The average Bonchev–Trinajstić information content (AvgIpc) is 2.67. The van der Waals surface area contributed by atoms with Gasteiger partial charge in [-0.25, -0.2) is 4.39 Å². The van der Waals surface area contributed by atoms with Crippen molar-refractivity contribution in [1.29, 1.82) is 5.26 Å². The second kappa shape index (κ2) is 8.51. The highest BCUT2D eigenvalue weighted by atomic mass is 79.9. The summed E-state index contributed by atoms with van der Waals surface area (Å²) in [6, 6.07) is 13.9. The zero-order chi connectivity index (χ0) is 20.3. The average molecular weight is 459 g/mol. The topological polar surface area (TPSA) is 65.8 Å². The highest BCUT2D eigenvalue weighted by Gasteiger charge is 2.22. The maximum Gasteiger partial charge on any atom is 0.252 e. The first kappa shape index (κ1) is 20.0. The summed E-state index contributed by atoms with van der Waals surface area (Å²) < 4.78 is 14.7. The third-order valence-corrected chi connectivity index (χ3v) is 4.87. The van der Waals surface area contributed by atoms with Gasteiger partial charge in [0, 0.05) is 21.3 Å². The van der Waals surface area contributed by atoms with Crippen molar-refractivity contribution in [2.45, 2.75) is 13.0 Å². The van der Waals surface area contributed by atoms with Crippen LogP contribution in [0.3, 0.4) is 0 Å². The number of pyridine rings is 1. The highest BCUT2D eigenvalue weighted by molar-refractivity contribution is 9.10. The molecule has 3 aromatic rings. The molecule has 3 rings (SSSR count). The van der Waals surface area contributed by atoms with E-state index in [1.54, 1.807) is 36.5 Å². The number of nitriles is 1. The highest BCUT2D eigenvalue weighted by Crippen LogP contribution is 2.26. The van der Waals surface area contributed by atoms with E-state index in [9.17, 15) is 9.18 Å². The largest absolute Gasteiger partial charge is 0.340 e. The number of halogens is 3. The van der Waals surface area contributed by atoms with Crippen LogP contribution in [-0.2, 0) is 0 Å². The Morgan fingerprint density at radius 1 is 1.25 bits per heavy atom. The summed E-state index contributed by atoms with van der Waals surface area (Å²) in [5.74, 6) is -1.22. The quantitative estimate of drug-likeness (QED) is 0.574. The van der Waals surface area contributed by atoms with E-state index in [1.807, 2.05) is 13.0 Å². The van der Waals surface area contributed by atoms with Crippen LogP contribution in [0.4, 0.5) is 4.39 Å². The predicted octanol–water partition coefficient (Wildman–Crippen LogP) is 5.34. The second-order valence-corrected chi connectivity index (χ2v) is 7.47. The fourth-order valence-electron chi connectivity index (χ4n) is 2.78. The van der Waals surface area contributed by atoms with Crippen molar-refractivity contribution in [3.8, 4) is 6.07 Å². The van der Waals surface area contributed by atoms with Crippen molar-refractivity contribution in [3.05, 3.63) is 98.0 Å². The number of aryl methyl sites for hydroxylation is 1. The minimum Gasteiger partial charge on any atom is -0.340 e. The van der Waals surface area contributed by atoms with Gasteiger partial charge in [0.15, 0.2) is 0 Å². The van der Waals surface area contributed by atoms with Crippen LogP contribution in [0.2, 0.25) is 5.02 Å². The Hall–Kier alpha value is -2.75. The lowest BCUT2D eigenvalue weighted by Crippen LogP contribution is -2.30. The van der Waals surface area contributed by atoms with Crippen molar-refractivity contribution in [1.82, 2.24) is 10.3 Å². The van der Waals surface area contributed by atoms with Crippen molar-refractivity contribution < 1.29 is 9.18 Å². The molecule has 0 saturated heterocycles. The number of hydrogen-bond donors (Lipinski definition) is 1. The minimum atomic E-state index is -0.740. The molecule has 140 valence electrons. The van der Waals surface area contributed by atoms with Gasteiger partial charge in [0.05, 0.1) is 17.3 Å². The molecule has 1 aromatic heterocycles. The first-order valence-corrected chi connectivity index (χ1v) is 9.44. The summed E-state index contributed by atoms with van der Waals surface area (Å²) in [7, 11) is 0. The summed E-state index contributed by atoms with van der Waals surface area (Å²) >= 11 is 9.37. The first-order chi connectivity index (χ1) is 13.4. The Morgan fingerprint density at radius 3 is 2.57 bits per heavy atom. The van der Waals surface area contributed by atoms with Crippen LogP contribution >= 0.6 is 27.5 Å². The lowest BCUT2D eigenvalue weighted by molar-refractivity contribution is 0.0941. The molecule has 4 nitrogen and oxygen atoms in total. The predicted molar refractivity (Wildman–Crippen MR) is 109 cm³/mol. The molecule has 1 amide bonds. The maximum atomic E-state index is 13.9. The van der Waals surface area contributed by atoms with Crippen molar-refractivity contribution >= 4 is 33.4 Å². The number of hydrogen-bond acceptors (Lipinski definition) is 3. The molecule has 7 heteroatoms. The molecule has 1 heterocycles. The number of benzene rings is 2. The van der Waals surface area contributed by atoms with E-state index in [0.717, 1.165) is 21.7 Å². The Kier molecular flexibility index (Phi) is 6.08. The first-order valence-electron chi connectivity index (χ1n) is 8.27. The van der Waals surface area contributed by atoms with Crippen LogP contribution in [0, 0.1) is 24.1 Å². The summed E-state index contributed by atoms with van der Waals surface area (Å²) in [5, 5.41) is 12.3. The summed E-state index contributed by atoms with van der Waals surface area (Å²) in [6.45, 7) is 1.89. The molecule has 1 atom stereocenters. The monoisotopic (exact) mass is 457 g/mol. The van der Waals surface area contributed by atoms with E-state index in [4.69, 9.17) is 16.9 Å². The van der Waals surface area contributed by atoms with Gasteiger partial charge in [-0.15, -0.1) is 0 Å². The molecule has 1 unspecified atom stereocenters. The molecule has 0 aliphatic heterocycles. The molecule has 0 aliphatic rings. The molecular weight excluding hydrogens is 445 g/mol. The fourth-order valence-corrected chi connectivity index (χ4v) is 3.35. The molecule has 0 bridgehead atoms. The van der Waals surface area contributed by atoms with Crippen molar-refractivity contribution in [2.24, 2.45) is 0 Å². The molecule has 2 aromatic carbocycles. The number of rotatable bonds is 4. The zero-order valence-electron chi connectivity index (χ0n) is 14.7. The van der Waals surface area contributed by atoms with Crippen molar-refractivity contribution in [2.75, 3.05) is 0 Å². The van der Waals surface area contributed by atoms with E-state index in [-0.39, 0.29) is 11.1 Å². The van der Waals surface area contributed by atoms with Gasteiger partial charge in [0.2, 0.25) is 0 Å². The van der Waals surface area contributed by atoms with Crippen LogP contribution in [-0.4, -0.2) is 10.9 Å². The fraction of sp³-hybridized carbons (Fsp3) is 0.0952. The van der Waals surface area contributed by atoms with E-state index in [2.05, 4.69) is 26.2 Å². The molecule has 0 aliphatic carbocycles. The maximum absolute atomic E-state index is 13.9. The lowest BCUT2D eigenvalue weighted by atomic mass is 9.99. The van der Waals surface area contributed by atoms with Gasteiger partial charge in [-0.1, -0.05) is 23.7 Å². The molecule has 1 N–H and O–H groups in total. The Labute approximate surface area is 175 Å². The number of aromatic nitrogens is 1. The van der Waals surface area contributed by atoms with Crippen LogP contribution in [0.5, 0.6) is 0 Å². The molecule has 28 heavy (non-hydrogen) atoms. The van der Waals surface area contributed by atoms with E-state index < -0.39 is 17.8 Å². The van der Waals surface area contributed by atoms with Gasteiger partial charge in [-0.3, -0.25) is 9.78 Å². The summed E-state index contributed by atoms with van der Waals surface area (Å²) in [6.07, 6.45) is 1.65. The third kappa shape index (κ3) is 4.38. The lowest BCUT2D eigenvalue weighted by Gasteiger charge is -2.21. The molecular formula is C21H14BrClFN3O. The molecule has 0 spiro atoms. The SMILES string of the molecule is Cc1cc(Br)cnc1C(NC(=O)c1ccc(C#N)c(F)c1)c1ccc(Cl)cc1. The van der Waals surface area contributed by atoms with E-state index in [0.29, 0.717) is 10.7 Å². The van der Waals surface area contributed by atoms with Gasteiger partial charge in [0.1, 0.15) is 11.9 Å². The number of carbonyl (C=O) groups excluding carboxylic acids is 1. The van der Waals surface area contributed by atoms with E-state index in [1.165, 1.54) is 12.1 Å². The van der Waals surface area contributed by atoms with Gasteiger partial charge in [0.25, 0.3) is 5.91 Å². The Balaban J connectivity index is 1.99. The van der Waals surface area contributed by atoms with Crippen LogP contribution in [0.25, 0.3) is 0 Å². The van der Waals surface area contributed by atoms with Gasteiger partial charge in [-0.2, -0.15) is 5.26 Å². The smallest absolute Gasteiger partial charge is 0.252 e. The molecule has 0 radical (unpaired) electrons. The van der Waals surface area contributed by atoms with Gasteiger partial charge >= 0.3 is 0 Å². The molecule has 0 saturated carbocycles. The normalized spacial score (nSPS) is 11.5. The third-order valence-electron chi connectivity index (χ3n) is 4.19.